The zero-order valence-corrected chi connectivity index (χ0v) is 18.7. The van der Waals surface area contributed by atoms with Gasteiger partial charge in [0.1, 0.15) is 11.4 Å². The van der Waals surface area contributed by atoms with Crippen molar-refractivity contribution < 1.29 is 23.5 Å². The van der Waals surface area contributed by atoms with E-state index in [0.29, 0.717) is 30.6 Å². The summed E-state index contributed by atoms with van der Waals surface area (Å²) in [6.07, 6.45) is 0.536. The summed E-state index contributed by atoms with van der Waals surface area (Å²) in [5.74, 6) is -1.69. The van der Waals surface area contributed by atoms with Crippen molar-refractivity contribution in [3.05, 3.63) is 61.8 Å². The van der Waals surface area contributed by atoms with Crippen molar-refractivity contribution in [1.82, 2.24) is 14.8 Å². The van der Waals surface area contributed by atoms with Gasteiger partial charge in [-0.05, 0) is 37.5 Å². The van der Waals surface area contributed by atoms with E-state index < -0.39 is 23.4 Å². The summed E-state index contributed by atoms with van der Waals surface area (Å²) in [4.78, 5) is 41.1. The first-order chi connectivity index (χ1) is 15.3. The molecule has 10 heteroatoms. The van der Waals surface area contributed by atoms with Crippen LogP contribution < -0.4 is 15.5 Å². The Morgan fingerprint density at radius 3 is 2.69 bits per heavy atom. The number of hydrogen-bond donors (Lipinski definition) is 1. The van der Waals surface area contributed by atoms with E-state index in [4.69, 9.17) is 21.1 Å². The van der Waals surface area contributed by atoms with Crippen molar-refractivity contribution in [2.24, 2.45) is 0 Å². The lowest BCUT2D eigenvalue weighted by molar-refractivity contribution is -0.0573. The van der Waals surface area contributed by atoms with Crippen molar-refractivity contribution in [3.8, 4) is 5.75 Å². The molecular formula is C22H23ClFN3O5. The fraction of sp³-hybridized carbons (Fsp3) is 0.409. The summed E-state index contributed by atoms with van der Waals surface area (Å²) in [6, 6.07) is 3.88. The number of likely N-dealkylation sites (N-methyl/N-ethyl adjacent to an activating group) is 1. The highest BCUT2D eigenvalue weighted by Crippen LogP contribution is 2.40. The molecule has 0 unspecified atom stereocenters. The molecule has 8 nitrogen and oxygen atoms in total. The number of benzene rings is 1. The molecule has 2 aliphatic rings. The second-order valence-electron chi connectivity index (χ2n) is 7.66. The molecular weight excluding hydrogens is 441 g/mol. The smallest absolute Gasteiger partial charge is 0.276 e. The number of methoxy groups -OCH3 is 2. The van der Waals surface area contributed by atoms with E-state index in [9.17, 15) is 18.8 Å². The van der Waals surface area contributed by atoms with Gasteiger partial charge in [0.15, 0.2) is 17.7 Å². The molecule has 4 rings (SSSR count). The van der Waals surface area contributed by atoms with Gasteiger partial charge in [0, 0.05) is 25.9 Å². The predicted octanol–water partition coefficient (Wildman–Crippen LogP) is 2.51. The minimum absolute atomic E-state index is 0.0500. The fourth-order valence-corrected chi connectivity index (χ4v) is 4.83. The molecule has 0 aliphatic carbocycles. The van der Waals surface area contributed by atoms with Crippen molar-refractivity contribution >= 4 is 23.4 Å². The zero-order chi connectivity index (χ0) is 23.2. The standard InChI is InChI=1S/C22H23ClFN3O5/c1-4-26-21(30)17-19(31-2)18(28)16(14-7-8-15(27(14)17)22(26)32-3)20(29)25-10-11-5-6-13(24)12(23)9-11/h5-6,9,15,22H,4,7-8,10H2,1-3H3,(H,25,29)/t15-,22+/m1/s1. The Morgan fingerprint density at radius 2 is 2.06 bits per heavy atom. The molecule has 0 bridgehead atoms. The molecule has 0 fully saturated rings. The third-order valence-electron chi connectivity index (χ3n) is 6.03. The lowest BCUT2D eigenvalue weighted by Crippen LogP contribution is -2.52. The van der Waals surface area contributed by atoms with Crippen LogP contribution in [0.3, 0.4) is 0 Å². The normalized spacial score (nSPS) is 19.2. The van der Waals surface area contributed by atoms with Crippen LogP contribution in [0, 0.1) is 5.82 Å². The Hall–Kier alpha value is -2.91. The predicted molar refractivity (Wildman–Crippen MR) is 115 cm³/mol. The molecule has 2 atom stereocenters. The van der Waals surface area contributed by atoms with Gasteiger partial charge in [-0.1, -0.05) is 17.7 Å². The zero-order valence-electron chi connectivity index (χ0n) is 17.9. The summed E-state index contributed by atoms with van der Waals surface area (Å²) in [5, 5.41) is 2.64. The van der Waals surface area contributed by atoms with Crippen LogP contribution in [-0.4, -0.2) is 48.3 Å². The van der Waals surface area contributed by atoms with Crippen LogP contribution in [0.5, 0.6) is 5.75 Å². The molecule has 170 valence electrons. The van der Waals surface area contributed by atoms with Gasteiger partial charge >= 0.3 is 0 Å². The van der Waals surface area contributed by atoms with E-state index >= 15 is 0 Å². The van der Waals surface area contributed by atoms with Crippen LogP contribution in [-0.2, 0) is 17.7 Å². The molecule has 1 N–H and O–H groups in total. The number of aromatic nitrogens is 1. The Balaban J connectivity index is 1.77. The lowest BCUT2D eigenvalue weighted by atomic mass is 10.1. The second-order valence-corrected chi connectivity index (χ2v) is 8.06. The fourth-order valence-electron chi connectivity index (χ4n) is 4.62. The SMILES string of the molecule is CCN1C(=O)c2c(OC)c(=O)c(C(=O)NCc3ccc(F)c(Cl)c3)c3n2[C@H](CC3)[C@@H]1OC. The van der Waals surface area contributed by atoms with Crippen LogP contribution in [0.1, 0.15) is 51.5 Å². The third kappa shape index (κ3) is 3.36. The number of carbonyl (C=O) groups excluding carboxylic acids is 2. The highest BCUT2D eigenvalue weighted by molar-refractivity contribution is 6.30. The van der Waals surface area contributed by atoms with Gasteiger partial charge in [0.25, 0.3) is 11.8 Å². The average molecular weight is 464 g/mol. The Bertz CT molecular complexity index is 1170. The van der Waals surface area contributed by atoms with E-state index in [1.54, 1.807) is 9.47 Å². The van der Waals surface area contributed by atoms with Crippen molar-refractivity contribution in [2.45, 2.75) is 38.6 Å². The molecule has 2 aliphatic heterocycles. The van der Waals surface area contributed by atoms with Gasteiger partial charge < -0.3 is 24.3 Å². The monoisotopic (exact) mass is 463 g/mol. The highest BCUT2D eigenvalue weighted by Gasteiger charge is 2.46. The van der Waals surface area contributed by atoms with Crippen LogP contribution in [0.25, 0.3) is 0 Å². The number of hydrogen-bond acceptors (Lipinski definition) is 5. The molecule has 1 aromatic heterocycles. The van der Waals surface area contributed by atoms with E-state index in [2.05, 4.69) is 5.32 Å². The largest absolute Gasteiger partial charge is 0.491 e. The third-order valence-corrected chi connectivity index (χ3v) is 6.32. The van der Waals surface area contributed by atoms with Crippen LogP contribution in [0.15, 0.2) is 23.0 Å². The quantitative estimate of drug-likeness (QED) is 0.711. The van der Waals surface area contributed by atoms with Gasteiger partial charge in [-0.15, -0.1) is 0 Å². The Morgan fingerprint density at radius 1 is 1.31 bits per heavy atom. The number of nitrogens with zero attached hydrogens (tertiary/aromatic N) is 2. The van der Waals surface area contributed by atoms with E-state index in [-0.39, 0.29) is 40.5 Å². The van der Waals surface area contributed by atoms with Gasteiger partial charge in [-0.2, -0.15) is 0 Å². The van der Waals surface area contributed by atoms with E-state index in [0.717, 1.165) is 0 Å². The average Bonchev–Trinajstić information content (AvgIpc) is 3.20. The molecule has 0 radical (unpaired) electrons. The van der Waals surface area contributed by atoms with Gasteiger partial charge in [-0.3, -0.25) is 14.4 Å². The number of halogens is 2. The maximum absolute atomic E-state index is 13.4. The maximum Gasteiger partial charge on any atom is 0.276 e. The summed E-state index contributed by atoms with van der Waals surface area (Å²) in [7, 11) is 2.84. The topological polar surface area (TPSA) is 89.9 Å². The molecule has 1 aromatic carbocycles. The Labute approximate surface area is 188 Å². The van der Waals surface area contributed by atoms with Crippen LogP contribution in [0.2, 0.25) is 5.02 Å². The number of rotatable bonds is 6. The second kappa shape index (κ2) is 8.55. The Kier molecular flexibility index (Phi) is 5.96. The molecule has 0 saturated heterocycles. The van der Waals surface area contributed by atoms with Crippen molar-refractivity contribution in [3.63, 3.8) is 0 Å². The van der Waals surface area contributed by atoms with E-state index in [1.807, 2.05) is 6.92 Å². The lowest BCUT2D eigenvalue weighted by Gasteiger charge is -2.40. The first-order valence-electron chi connectivity index (χ1n) is 10.2. The van der Waals surface area contributed by atoms with Gasteiger partial charge in [-0.25, -0.2) is 4.39 Å². The molecule has 0 spiro atoms. The maximum atomic E-state index is 13.4. The van der Waals surface area contributed by atoms with Gasteiger partial charge in [0.05, 0.1) is 18.2 Å². The summed E-state index contributed by atoms with van der Waals surface area (Å²) in [6.45, 7) is 2.29. The highest BCUT2D eigenvalue weighted by atomic mass is 35.5. The molecule has 32 heavy (non-hydrogen) atoms. The molecule has 3 heterocycles. The van der Waals surface area contributed by atoms with Crippen LogP contribution in [0.4, 0.5) is 4.39 Å². The first kappa shape index (κ1) is 22.3. The number of nitrogens with one attached hydrogen (secondary N) is 1. The number of pyridine rings is 1. The van der Waals surface area contributed by atoms with E-state index in [1.165, 1.54) is 32.4 Å². The minimum Gasteiger partial charge on any atom is -0.491 e. The first-order valence-corrected chi connectivity index (χ1v) is 10.6. The summed E-state index contributed by atoms with van der Waals surface area (Å²) < 4.78 is 26.1. The molecule has 2 aromatic rings. The summed E-state index contributed by atoms with van der Waals surface area (Å²) in [5.41, 5.74) is 0.513. The molecule has 2 amide bonds. The minimum atomic E-state index is -0.635. The van der Waals surface area contributed by atoms with Crippen molar-refractivity contribution in [1.29, 1.82) is 0 Å². The van der Waals surface area contributed by atoms with Crippen LogP contribution >= 0.6 is 11.6 Å². The number of ether oxygens (including phenoxy) is 2. The summed E-state index contributed by atoms with van der Waals surface area (Å²) >= 11 is 5.80. The number of carbonyl (C=O) groups is 2. The number of amides is 2. The van der Waals surface area contributed by atoms with Crippen molar-refractivity contribution in [2.75, 3.05) is 20.8 Å². The van der Waals surface area contributed by atoms with Gasteiger partial charge in [0.2, 0.25) is 5.43 Å². The molecule has 0 saturated carbocycles.